The quantitative estimate of drug-likeness (QED) is 0.321. The molecular weight excluding hydrogens is 721 g/mol. The number of ether oxygens (including phenoxy) is 5. The average molecular weight is 771 g/mol. The minimum absolute atomic E-state index is 0.00829. The maximum absolute atomic E-state index is 13.5. The van der Waals surface area contributed by atoms with E-state index in [1.807, 2.05) is 31.9 Å². The number of carbonyl (C=O) groups excluding carboxylic acids is 3. The van der Waals surface area contributed by atoms with Crippen molar-refractivity contribution >= 4 is 29.9 Å². The first-order chi connectivity index (χ1) is 25.6. The third-order valence-corrected chi connectivity index (χ3v) is 12.5. The molecule has 15 nitrogen and oxygen atoms in total. The largest absolute Gasteiger partial charge is 0.507 e. The van der Waals surface area contributed by atoms with E-state index in [0.717, 1.165) is 11.1 Å². The summed E-state index contributed by atoms with van der Waals surface area (Å²) in [6.07, 6.45) is -1.44. The molecule has 0 saturated carbocycles. The van der Waals surface area contributed by atoms with Gasteiger partial charge < -0.3 is 39.0 Å². The van der Waals surface area contributed by atoms with E-state index in [-0.39, 0.29) is 24.9 Å². The maximum atomic E-state index is 13.5. The fourth-order valence-corrected chi connectivity index (χ4v) is 10.4. The van der Waals surface area contributed by atoms with Gasteiger partial charge in [0.25, 0.3) is 5.91 Å². The van der Waals surface area contributed by atoms with E-state index in [1.54, 1.807) is 39.5 Å². The van der Waals surface area contributed by atoms with Gasteiger partial charge in [-0.3, -0.25) is 24.8 Å². The van der Waals surface area contributed by atoms with E-state index < -0.39 is 65.4 Å². The number of likely N-dealkylation sites (tertiary alicyclic amines) is 1. The lowest BCUT2D eigenvalue weighted by Gasteiger charge is -2.61. The molecule has 2 aromatic carbocycles. The molecular formula is C38H50N4O11S. The van der Waals surface area contributed by atoms with Crippen LogP contribution in [0, 0.1) is 13.8 Å². The highest BCUT2D eigenvalue weighted by Crippen LogP contribution is 2.63. The average Bonchev–Trinajstić information content (AvgIpc) is 3.80. The second-order valence-corrected chi connectivity index (χ2v) is 17.0. The number of likely N-dealkylation sites (N-methyl/N-ethyl adjacent to an activating group) is 1. The number of aryl methyl sites for hydroxylation is 1. The van der Waals surface area contributed by atoms with Crippen LogP contribution in [0.1, 0.15) is 91.3 Å². The number of nitrogens with zero attached hydrogens (tertiary/aromatic N) is 3. The van der Waals surface area contributed by atoms with Crippen molar-refractivity contribution in [3.05, 3.63) is 39.4 Å². The van der Waals surface area contributed by atoms with Crippen LogP contribution >= 0.6 is 11.8 Å². The number of aliphatic hydroxyl groups is 1. The molecule has 3 amide bonds. The van der Waals surface area contributed by atoms with E-state index in [1.165, 1.54) is 12.0 Å². The van der Waals surface area contributed by atoms with Gasteiger partial charge in [0.1, 0.15) is 30.2 Å². The number of piperazine rings is 1. The molecule has 2 aromatic rings. The second kappa shape index (κ2) is 14.2. The maximum Gasteiger partial charge on any atom is 0.413 e. The predicted molar refractivity (Wildman–Crippen MR) is 197 cm³/mol. The van der Waals surface area contributed by atoms with Crippen molar-refractivity contribution in [3.63, 3.8) is 0 Å². The molecule has 0 aliphatic carbocycles. The molecule has 7 rings (SSSR count). The van der Waals surface area contributed by atoms with Crippen molar-refractivity contribution in [2.45, 2.75) is 108 Å². The highest BCUT2D eigenvalue weighted by Gasteiger charge is 2.59. The van der Waals surface area contributed by atoms with Gasteiger partial charge in [0, 0.05) is 34.8 Å². The van der Waals surface area contributed by atoms with Crippen LogP contribution in [0.15, 0.2) is 6.07 Å². The summed E-state index contributed by atoms with van der Waals surface area (Å²) in [5.74, 6) is 1.11. The van der Waals surface area contributed by atoms with Crippen molar-refractivity contribution in [2.24, 2.45) is 0 Å². The van der Waals surface area contributed by atoms with E-state index >= 15 is 0 Å². The summed E-state index contributed by atoms with van der Waals surface area (Å²) in [6.45, 7) is 10.7. The number of hydrogen-bond acceptors (Lipinski definition) is 14. The standard InChI is InChI=1S/C38H50N4O11S/c1-9-54-33-25-24(32-31(51-16-52-32)18(3)28(25)43)22(15-50-36(47)39-34(45)20-11-10-12-41(20)37(48)53-38(4,5)6)42-27(33)26-23-19(14-21(35(42)46)40(26)7)13-17(2)30(49-8)29(23)44/h13,20-22,26-27,33,35,43-44,46H,9-12,14-16H2,1-8H3,(H,39,45,47)/t20-,21+,22-,26-,27?,33+,35-/m0/s1. The molecule has 0 radical (unpaired) electrons. The highest BCUT2D eigenvalue weighted by molar-refractivity contribution is 7.99. The fraction of sp³-hybridized carbons (Fsp3) is 0.605. The molecule has 54 heavy (non-hydrogen) atoms. The Bertz CT molecular complexity index is 1870. The Balaban J connectivity index is 1.27. The number of nitrogens with one attached hydrogen (secondary N) is 1. The number of methoxy groups -OCH3 is 1. The Hall–Kier alpha value is -4.12. The molecule has 0 aromatic heterocycles. The SMILES string of the molecule is CCS[C@@H]1c2c(O)c(C)c3c(c2[C@H](COC(=O)NC(=O)[C@@H]2CCCN2C(=O)OC(C)(C)C)N2C1[C@@H]1c4c(cc(C)c(OC)c4O)C[C@H]([C@@H]2O)N1C)OCO3. The molecule has 4 N–H and O–H groups in total. The van der Waals surface area contributed by atoms with Gasteiger partial charge in [-0.15, -0.1) is 0 Å². The molecule has 5 aliphatic rings. The molecule has 5 heterocycles. The van der Waals surface area contributed by atoms with E-state index in [0.29, 0.717) is 71.1 Å². The van der Waals surface area contributed by atoms with Crippen LogP contribution in [0.3, 0.4) is 0 Å². The van der Waals surface area contributed by atoms with Crippen molar-refractivity contribution in [2.75, 3.05) is 39.9 Å². The molecule has 16 heteroatoms. The zero-order valence-electron chi connectivity index (χ0n) is 31.9. The number of amides is 3. The summed E-state index contributed by atoms with van der Waals surface area (Å²) in [4.78, 5) is 45.0. The number of aliphatic hydroxyl groups excluding tert-OH is 1. The van der Waals surface area contributed by atoms with Crippen molar-refractivity contribution in [1.82, 2.24) is 20.0 Å². The second-order valence-electron chi connectivity index (χ2n) is 15.6. The van der Waals surface area contributed by atoms with Crippen molar-refractivity contribution in [1.29, 1.82) is 0 Å². The van der Waals surface area contributed by atoms with Crippen LogP contribution in [-0.2, 0) is 20.7 Å². The van der Waals surface area contributed by atoms with Gasteiger partial charge in [-0.25, -0.2) is 9.59 Å². The Kier molecular flexibility index (Phi) is 10.0. The number of imide groups is 1. The van der Waals surface area contributed by atoms with Gasteiger partial charge in [0.05, 0.1) is 30.5 Å². The number of fused-ring (bicyclic) bond motifs is 9. The lowest BCUT2D eigenvalue weighted by molar-refractivity contribution is -0.178. The monoisotopic (exact) mass is 770 g/mol. The number of rotatable bonds is 6. The Morgan fingerprint density at radius 3 is 2.48 bits per heavy atom. The van der Waals surface area contributed by atoms with Crippen LogP contribution in [-0.4, -0.2) is 118 Å². The zero-order valence-corrected chi connectivity index (χ0v) is 32.7. The fourth-order valence-electron chi connectivity index (χ4n) is 9.12. The van der Waals surface area contributed by atoms with Gasteiger partial charge in [-0.2, -0.15) is 11.8 Å². The first-order valence-electron chi connectivity index (χ1n) is 18.4. The Morgan fingerprint density at radius 1 is 1.07 bits per heavy atom. The lowest BCUT2D eigenvalue weighted by Crippen LogP contribution is -2.69. The Labute approximate surface area is 318 Å². The molecule has 2 fully saturated rings. The molecule has 2 bridgehead atoms. The smallest absolute Gasteiger partial charge is 0.413 e. The summed E-state index contributed by atoms with van der Waals surface area (Å²) in [5.41, 5.74) is 3.17. The molecule has 0 spiro atoms. The number of alkyl carbamates (subject to hydrolysis) is 1. The number of phenols is 2. The minimum atomic E-state index is -1.09. The third kappa shape index (κ3) is 6.14. The third-order valence-electron chi connectivity index (χ3n) is 11.3. The van der Waals surface area contributed by atoms with Gasteiger partial charge in [-0.1, -0.05) is 13.0 Å². The van der Waals surface area contributed by atoms with Crippen LogP contribution < -0.4 is 19.5 Å². The first-order valence-corrected chi connectivity index (χ1v) is 19.4. The first kappa shape index (κ1) is 38.2. The van der Waals surface area contributed by atoms with Gasteiger partial charge in [-0.05, 0) is 77.8 Å². The molecule has 7 atom stereocenters. The van der Waals surface area contributed by atoms with Crippen LogP contribution in [0.2, 0.25) is 0 Å². The van der Waals surface area contributed by atoms with Gasteiger partial charge >= 0.3 is 12.2 Å². The Morgan fingerprint density at radius 2 is 1.80 bits per heavy atom. The van der Waals surface area contributed by atoms with Gasteiger partial charge in [0.15, 0.2) is 23.0 Å². The highest BCUT2D eigenvalue weighted by atomic mass is 32.2. The normalized spacial score (nSPS) is 27.1. The number of hydrogen-bond donors (Lipinski definition) is 4. The topological polar surface area (TPSA) is 180 Å². The van der Waals surface area contributed by atoms with E-state index in [9.17, 15) is 29.7 Å². The summed E-state index contributed by atoms with van der Waals surface area (Å²) in [5, 5.41) is 38.0. The lowest BCUT2D eigenvalue weighted by atomic mass is 9.73. The summed E-state index contributed by atoms with van der Waals surface area (Å²) >= 11 is 1.59. The van der Waals surface area contributed by atoms with Crippen LogP contribution in [0.4, 0.5) is 9.59 Å². The summed E-state index contributed by atoms with van der Waals surface area (Å²) in [6, 6.07) is -1.28. The summed E-state index contributed by atoms with van der Waals surface area (Å²) in [7, 11) is 3.44. The number of aromatic hydroxyl groups is 2. The molecule has 294 valence electrons. The molecule has 2 saturated heterocycles. The van der Waals surface area contributed by atoms with Crippen LogP contribution in [0.5, 0.6) is 28.7 Å². The number of phenolic OH excluding ortho intramolecular Hbond substituents is 2. The number of benzene rings is 2. The van der Waals surface area contributed by atoms with E-state index in [2.05, 4.69) is 10.2 Å². The van der Waals surface area contributed by atoms with Crippen LogP contribution in [0.25, 0.3) is 0 Å². The molecule has 5 aliphatic heterocycles. The van der Waals surface area contributed by atoms with Crippen molar-refractivity contribution < 1.29 is 53.4 Å². The molecule has 1 unspecified atom stereocenters. The van der Waals surface area contributed by atoms with Gasteiger partial charge in [0.2, 0.25) is 6.79 Å². The van der Waals surface area contributed by atoms with E-state index in [4.69, 9.17) is 23.7 Å². The van der Waals surface area contributed by atoms with Crippen molar-refractivity contribution in [3.8, 4) is 28.7 Å². The summed E-state index contributed by atoms with van der Waals surface area (Å²) < 4.78 is 28.9. The number of carbonyl (C=O) groups is 3. The zero-order chi connectivity index (χ0) is 39.0. The minimum Gasteiger partial charge on any atom is -0.507 e. The number of thioether (sulfide) groups is 1. The predicted octanol–water partition coefficient (Wildman–Crippen LogP) is 4.55.